The molecule has 2 unspecified atom stereocenters. The van der Waals surface area contributed by atoms with Crippen molar-refractivity contribution in [3.05, 3.63) is 0 Å². The predicted molar refractivity (Wildman–Crippen MR) is 86.5 cm³/mol. The first-order valence-electron chi connectivity index (χ1n) is 8.77. The van der Waals surface area contributed by atoms with E-state index in [4.69, 9.17) is 5.11 Å². The van der Waals surface area contributed by atoms with E-state index in [1.165, 1.54) is 32.1 Å². The largest absolute Gasteiger partial charge is 1.00 e. The Kier molecular flexibility index (Phi) is 18.5. The smallest absolute Gasteiger partial charge is 0.550 e. The number of amides is 1. The second-order valence-electron chi connectivity index (χ2n) is 6.15. The molecule has 0 rings (SSSR count). The SMILES string of the molecule is CCCCCCCCCCC(O)CC(CC(=O)[O-])NC(=O)CO.[Li+]. The zero-order valence-corrected chi connectivity index (χ0v) is 15.3. The molecule has 0 heterocycles. The number of rotatable bonds is 15. The maximum atomic E-state index is 11.1. The molecule has 0 aromatic heterocycles. The van der Waals surface area contributed by atoms with Crippen LogP contribution in [-0.4, -0.2) is 40.8 Å². The summed E-state index contributed by atoms with van der Waals surface area (Å²) in [6.45, 7) is 1.50. The minimum Gasteiger partial charge on any atom is -0.550 e. The van der Waals surface area contributed by atoms with Crippen molar-refractivity contribution in [2.75, 3.05) is 6.61 Å². The van der Waals surface area contributed by atoms with Gasteiger partial charge in [0.15, 0.2) is 0 Å². The topological polar surface area (TPSA) is 110 Å². The van der Waals surface area contributed by atoms with Crippen molar-refractivity contribution in [2.24, 2.45) is 0 Å². The van der Waals surface area contributed by atoms with Crippen LogP contribution < -0.4 is 29.3 Å². The summed E-state index contributed by atoms with van der Waals surface area (Å²) < 4.78 is 0. The zero-order valence-electron chi connectivity index (χ0n) is 15.3. The van der Waals surface area contributed by atoms with Crippen LogP contribution in [0.3, 0.4) is 0 Å². The van der Waals surface area contributed by atoms with Gasteiger partial charge in [0, 0.05) is 18.4 Å². The van der Waals surface area contributed by atoms with Crippen molar-refractivity contribution in [3.63, 3.8) is 0 Å². The Morgan fingerprint density at radius 1 is 1.04 bits per heavy atom. The Balaban J connectivity index is 0. The number of hydrogen-bond acceptors (Lipinski definition) is 5. The molecular weight excluding hydrogens is 305 g/mol. The van der Waals surface area contributed by atoms with Crippen LogP contribution in [0.5, 0.6) is 0 Å². The third kappa shape index (κ3) is 16.3. The molecule has 0 aromatic rings. The van der Waals surface area contributed by atoms with Crippen LogP contribution in [0.25, 0.3) is 0 Å². The van der Waals surface area contributed by atoms with Crippen molar-refractivity contribution < 1.29 is 43.8 Å². The summed E-state index contributed by atoms with van der Waals surface area (Å²) in [4.78, 5) is 21.8. The van der Waals surface area contributed by atoms with Crippen LogP contribution in [-0.2, 0) is 9.59 Å². The number of aliphatic carboxylic acids is 1. The molecule has 0 saturated heterocycles. The molecule has 1 amide bonds. The molecule has 0 aliphatic rings. The number of nitrogens with one attached hydrogen (secondary N) is 1. The molecule has 7 heteroatoms. The first-order valence-corrected chi connectivity index (χ1v) is 8.77. The number of carbonyl (C=O) groups excluding carboxylic acids is 2. The van der Waals surface area contributed by atoms with Crippen LogP contribution in [0.1, 0.15) is 77.6 Å². The summed E-state index contributed by atoms with van der Waals surface area (Å²) in [6, 6.07) is -0.705. The van der Waals surface area contributed by atoms with Gasteiger partial charge in [0.05, 0.1) is 6.10 Å². The number of unbranched alkanes of at least 4 members (excludes halogenated alkanes) is 7. The molecule has 2 atom stereocenters. The molecule has 24 heavy (non-hydrogen) atoms. The summed E-state index contributed by atoms with van der Waals surface area (Å²) in [5.74, 6) is -1.93. The third-order valence-electron chi connectivity index (χ3n) is 3.87. The van der Waals surface area contributed by atoms with E-state index in [0.29, 0.717) is 6.42 Å². The van der Waals surface area contributed by atoms with E-state index in [1.807, 2.05) is 0 Å². The Morgan fingerprint density at radius 3 is 2.08 bits per heavy atom. The molecule has 6 nitrogen and oxygen atoms in total. The zero-order chi connectivity index (χ0) is 17.5. The van der Waals surface area contributed by atoms with E-state index in [-0.39, 0.29) is 31.7 Å². The fraction of sp³-hybridized carbons (Fsp3) is 0.882. The van der Waals surface area contributed by atoms with Gasteiger partial charge in [-0.3, -0.25) is 4.79 Å². The minimum absolute atomic E-state index is 0. The summed E-state index contributed by atoms with van der Waals surface area (Å²) >= 11 is 0. The number of aliphatic hydroxyl groups excluding tert-OH is 2. The second kappa shape index (κ2) is 17.3. The molecule has 0 saturated carbocycles. The van der Waals surface area contributed by atoms with Gasteiger partial charge in [0.2, 0.25) is 5.91 Å². The number of carboxylic acid groups (broad SMARTS) is 1. The summed E-state index contributed by atoms with van der Waals surface area (Å²) in [6.07, 6.45) is 9.13. The van der Waals surface area contributed by atoms with Gasteiger partial charge >= 0.3 is 18.9 Å². The molecule has 0 radical (unpaired) electrons. The van der Waals surface area contributed by atoms with Crippen molar-refractivity contribution in [3.8, 4) is 0 Å². The third-order valence-corrected chi connectivity index (χ3v) is 3.87. The van der Waals surface area contributed by atoms with Gasteiger partial charge in [-0.05, 0) is 12.8 Å². The van der Waals surface area contributed by atoms with Crippen LogP contribution in [0.15, 0.2) is 0 Å². The van der Waals surface area contributed by atoms with Crippen molar-refractivity contribution in [1.29, 1.82) is 0 Å². The normalized spacial score (nSPS) is 13.0. The van der Waals surface area contributed by atoms with Gasteiger partial charge in [-0.25, -0.2) is 0 Å². The van der Waals surface area contributed by atoms with Gasteiger partial charge in [0.1, 0.15) is 6.61 Å². The number of carbonyl (C=O) groups is 2. The molecule has 136 valence electrons. The fourth-order valence-electron chi connectivity index (χ4n) is 2.63. The molecule has 0 fully saturated rings. The summed E-state index contributed by atoms with van der Waals surface area (Å²) in [5, 5.41) is 31.7. The van der Waals surface area contributed by atoms with E-state index in [9.17, 15) is 19.8 Å². The molecule has 0 aliphatic carbocycles. The summed E-state index contributed by atoms with van der Waals surface area (Å²) in [5.41, 5.74) is 0. The van der Waals surface area contributed by atoms with E-state index in [2.05, 4.69) is 12.2 Å². The van der Waals surface area contributed by atoms with Gasteiger partial charge < -0.3 is 25.4 Å². The van der Waals surface area contributed by atoms with E-state index >= 15 is 0 Å². The monoisotopic (exact) mass is 337 g/mol. The van der Waals surface area contributed by atoms with Crippen LogP contribution in [0, 0.1) is 0 Å². The van der Waals surface area contributed by atoms with Gasteiger partial charge in [0.25, 0.3) is 0 Å². The molecule has 0 spiro atoms. The van der Waals surface area contributed by atoms with Crippen molar-refractivity contribution in [2.45, 2.75) is 89.7 Å². The Morgan fingerprint density at radius 2 is 1.58 bits per heavy atom. The van der Waals surface area contributed by atoms with E-state index in [0.717, 1.165) is 19.3 Å². The molecule has 3 N–H and O–H groups in total. The average molecular weight is 337 g/mol. The van der Waals surface area contributed by atoms with Crippen LogP contribution in [0.4, 0.5) is 0 Å². The first kappa shape index (κ1) is 25.7. The fourth-order valence-corrected chi connectivity index (χ4v) is 2.63. The van der Waals surface area contributed by atoms with Crippen LogP contribution in [0.2, 0.25) is 0 Å². The molecular formula is C17H32LiNO5. The molecule has 0 aliphatic heterocycles. The average Bonchev–Trinajstić information content (AvgIpc) is 2.49. The Bertz CT molecular complexity index is 328. The van der Waals surface area contributed by atoms with E-state index < -0.39 is 30.6 Å². The first-order chi connectivity index (χ1) is 11.0. The van der Waals surface area contributed by atoms with Gasteiger partial charge in [-0.1, -0.05) is 58.3 Å². The Hall–Kier alpha value is -0.543. The Labute approximate surface area is 157 Å². The summed E-state index contributed by atoms with van der Waals surface area (Å²) in [7, 11) is 0. The van der Waals surface area contributed by atoms with Gasteiger partial charge in [-0.15, -0.1) is 0 Å². The molecule has 0 bridgehead atoms. The second-order valence-corrected chi connectivity index (χ2v) is 6.15. The minimum atomic E-state index is -1.28. The number of carboxylic acids is 1. The van der Waals surface area contributed by atoms with Crippen LogP contribution >= 0.6 is 0 Å². The number of hydrogen-bond donors (Lipinski definition) is 3. The maximum Gasteiger partial charge on any atom is 1.00 e. The van der Waals surface area contributed by atoms with Gasteiger partial charge in [-0.2, -0.15) is 0 Å². The maximum absolute atomic E-state index is 11.1. The predicted octanol–water partition coefficient (Wildman–Crippen LogP) is -2.11. The van der Waals surface area contributed by atoms with E-state index in [1.54, 1.807) is 0 Å². The molecule has 0 aromatic carbocycles. The van der Waals surface area contributed by atoms with Crippen molar-refractivity contribution in [1.82, 2.24) is 5.32 Å². The standard InChI is InChI=1S/C17H33NO5.Li/c1-2-3-4-5-6-7-8-9-10-15(20)11-14(12-17(22)23)18-16(21)13-19;/h14-15,19-20H,2-13H2,1H3,(H,18,21)(H,22,23);/q;+1/p-1. The number of aliphatic hydroxyl groups is 2. The quantitative estimate of drug-likeness (QED) is 0.234. The van der Waals surface area contributed by atoms with Crippen molar-refractivity contribution >= 4 is 11.9 Å².